The summed E-state index contributed by atoms with van der Waals surface area (Å²) in [6, 6.07) is 17.2. The quantitative estimate of drug-likeness (QED) is 0.529. The van der Waals surface area contributed by atoms with Crippen molar-refractivity contribution in [1.82, 2.24) is 0 Å². The number of benzene rings is 2. The number of para-hydroxylation sites is 1. The summed E-state index contributed by atoms with van der Waals surface area (Å²) in [5, 5.41) is 0. The zero-order valence-electron chi connectivity index (χ0n) is 16.0. The molecule has 0 unspecified atom stereocenters. The first-order valence-corrected chi connectivity index (χ1v) is 8.98. The average Bonchev–Trinajstić information content (AvgIpc) is 2.71. The van der Waals surface area contributed by atoms with Crippen molar-refractivity contribution in [1.29, 1.82) is 0 Å². The number of methoxy groups -OCH3 is 1. The maximum atomic E-state index is 5.68. The van der Waals surface area contributed by atoms with E-state index in [2.05, 4.69) is 0 Å². The van der Waals surface area contributed by atoms with Crippen molar-refractivity contribution in [3.63, 3.8) is 0 Å². The van der Waals surface area contributed by atoms with Gasteiger partial charge < -0.3 is 23.7 Å². The fourth-order valence-corrected chi connectivity index (χ4v) is 1.95. The van der Waals surface area contributed by atoms with Gasteiger partial charge in [0.05, 0.1) is 19.8 Å². The van der Waals surface area contributed by atoms with Crippen molar-refractivity contribution in [2.45, 2.75) is 13.8 Å². The predicted molar refractivity (Wildman–Crippen MR) is 103 cm³/mol. The van der Waals surface area contributed by atoms with Gasteiger partial charge in [-0.15, -0.1) is 0 Å². The SMILES string of the molecule is CC.COCCOCCOc1cccc(OCCOc2ccccc2)c1. The molecule has 144 valence electrons. The third-order valence-corrected chi connectivity index (χ3v) is 3.10. The van der Waals surface area contributed by atoms with Crippen molar-refractivity contribution >= 4 is 0 Å². The van der Waals surface area contributed by atoms with Crippen LogP contribution >= 0.6 is 0 Å². The van der Waals surface area contributed by atoms with Gasteiger partial charge in [0.15, 0.2) is 0 Å². The van der Waals surface area contributed by atoms with Crippen LogP contribution in [0.2, 0.25) is 0 Å². The van der Waals surface area contributed by atoms with E-state index in [1.807, 2.05) is 68.4 Å². The van der Waals surface area contributed by atoms with Gasteiger partial charge in [-0.2, -0.15) is 0 Å². The van der Waals surface area contributed by atoms with E-state index >= 15 is 0 Å². The van der Waals surface area contributed by atoms with Crippen LogP contribution in [-0.2, 0) is 9.47 Å². The van der Waals surface area contributed by atoms with E-state index in [0.29, 0.717) is 39.6 Å². The van der Waals surface area contributed by atoms with Gasteiger partial charge in [-0.1, -0.05) is 38.1 Å². The third kappa shape index (κ3) is 9.91. The molecule has 0 radical (unpaired) electrons. The smallest absolute Gasteiger partial charge is 0.123 e. The second-order valence-electron chi connectivity index (χ2n) is 4.94. The van der Waals surface area contributed by atoms with Gasteiger partial charge in [0.1, 0.15) is 37.1 Å². The van der Waals surface area contributed by atoms with Crippen LogP contribution in [-0.4, -0.2) is 46.8 Å². The van der Waals surface area contributed by atoms with Crippen LogP contribution in [0.4, 0.5) is 0 Å². The highest BCUT2D eigenvalue weighted by atomic mass is 16.5. The van der Waals surface area contributed by atoms with E-state index in [9.17, 15) is 0 Å². The molecule has 0 amide bonds. The Balaban J connectivity index is 0.00000163. The highest BCUT2D eigenvalue weighted by Crippen LogP contribution is 2.19. The summed E-state index contributed by atoms with van der Waals surface area (Å²) in [5.41, 5.74) is 0. The van der Waals surface area contributed by atoms with Gasteiger partial charge in [0.25, 0.3) is 0 Å². The molecule has 0 spiro atoms. The first-order valence-electron chi connectivity index (χ1n) is 8.98. The molecule has 0 heterocycles. The Morgan fingerprint density at radius 1 is 0.577 bits per heavy atom. The minimum absolute atomic E-state index is 0.471. The second kappa shape index (κ2) is 15.0. The normalized spacial score (nSPS) is 9.81. The first-order chi connectivity index (χ1) is 12.9. The molecule has 0 bridgehead atoms. The summed E-state index contributed by atoms with van der Waals surface area (Å²) in [4.78, 5) is 0. The Bertz CT molecular complexity index is 559. The molecule has 26 heavy (non-hydrogen) atoms. The van der Waals surface area contributed by atoms with Crippen molar-refractivity contribution in [2.75, 3.05) is 46.8 Å². The van der Waals surface area contributed by atoms with Gasteiger partial charge in [-0.25, -0.2) is 0 Å². The average molecular weight is 362 g/mol. The van der Waals surface area contributed by atoms with Crippen molar-refractivity contribution in [3.05, 3.63) is 54.6 Å². The van der Waals surface area contributed by atoms with Gasteiger partial charge in [0.2, 0.25) is 0 Å². The fourth-order valence-electron chi connectivity index (χ4n) is 1.95. The molecule has 0 atom stereocenters. The van der Waals surface area contributed by atoms with Crippen LogP contribution in [0.15, 0.2) is 54.6 Å². The van der Waals surface area contributed by atoms with Crippen molar-refractivity contribution in [3.8, 4) is 17.2 Å². The van der Waals surface area contributed by atoms with Gasteiger partial charge in [-0.3, -0.25) is 0 Å². The van der Waals surface area contributed by atoms with Crippen LogP contribution in [0.1, 0.15) is 13.8 Å². The molecule has 5 nitrogen and oxygen atoms in total. The largest absolute Gasteiger partial charge is 0.491 e. The number of hydrogen-bond acceptors (Lipinski definition) is 5. The summed E-state index contributed by atoms with van der Waals surface area (Å²) in [7, 11) is 1.65. The topological polar surface area (TPSA) is 46.2 Å². The standard InChI is InChI=1S/C19H24O5.C2H6/c1-20-10-11-21-12-13-23-18-8-5-9-19(16-18)24-15-14-22-17-6-3-2-4-7-17;1-2/h2-9,16H,10-15H2,1H3;1-2H3. The highest BCUT2D eigenvalue weighted by molar-refractivity contribution is 5.32. The van der Waals surface area contributed by atoms with Crippen molar-refractivity contribution in [2.24, 2.45) is 0 Å². The van der Waals surface area contributed by atoms with Crippen LogP contribution in [0.3, 0.4) is 0 Å². The van der Waals surface area contributed by atoms with E-state index in [1.54, 1.807) is 7.11 Å². The predicted octanol–water partition coefficient (Wildman–Crippen LogP) is 4.21. The zero-order chi connectivity index (χ0) is 18.9. The number of hydrogen-bond donors (Lipinski definition) is 0. The lowest BCUT2D eigenvalue weighted by molar-refractivity contribution is 0.0544. The maximum Gasteiger partial charge on any atom is 0.123 e. The van der Waals surface area contributed by atoms with E-state index in [0.717, 1.165) is 17.2 Å². The number of rotatable bonds is 12. The molecule has 0 aliphatic rings. The summed E-state index contributed by atoms with van der Waals surface area (Å²) in [6.45, 7) is 7.14. The van der Waals surface area contributed by atoms with Crippen LogP contribution < -0.4 is 14.2 Å². The summed E-state index contributed by atoms with van der Waals surface area (Å²) >= 11 is 0. The Labute approximate surface area is 156 Å². The Hall–Kier alpha value is -2.24. The molecule has 0 N–H and O–H groups in total. The molecular formula is C21H30O5. The Morgan fingerprint density at radius 3 is 1.69 bits per heavy atom. The van der Waals surface area contributed by atoms with Crippen LogP contribution in [0.25, 0.3) is 0 Å². The van der Waals surface area contributed by atoms with Gasteiger partial charge >= 0.3 is 0 Å². The van der Waals surface area contributed by atoms with E-state index < -0.39 is 0 Å². The molecular weight excluding hydrogens is 332 g/mol. The molecule has 0 aliphatic heterocycles. The minimum Gasteiger partial charge on any atom is -0.491 e. The summed E-state index contributed by atoms with van der Waals surface area (Å²) in [6.07, 6.45) is 0. The van der Waals surface area contributed by atoms with E-state index in [4.69, 9.17) is 23.7 Å². The molecule has 0 fully saturated rings. The lowest BCUT2D eigenvalue weighted by Gasteiger charge is -2.10. The molecule has 2 rings (SSSR count). The van der Waals surface area contributed by atoms with Gasteiger partial charge in [-0.05, 0) is 24.3 Å². The third-order valence-electron chi connectivity index (χ3n) is 3.10. The van der Waals surface area contributed by atoms with Crippen molar-refractivity contribution < 1.29 is 23.7 Å². The van der Waals surface area contributed by atoms with Crippen LogP contribution in [0.5, 0.6) is 17.2 Å². The second-order valence-corrected chi connectivity index (χ2v) is 4.94. The highest BCUT2D eigenvalue weighted by Gasteiger charge is 1.99. The van der Waals surface area contributed by atoms with Gasteiger partial charge in [0, 0.05) is 13.2 Å². The van der Waals surface area contributed by atoms with E-state index in [1.165, 1.54) is 0 Å². The Kier molecular flexibility index (Phi) is 12.6. The monoisotopic (exact) mass is 362 g/mol. The molecule has 5 heteroatoms. The Morgan fingerprint density at radius 2 is 1.08 bits per heavy atom. The lowest BCUT2D eigenvalue weighted by atomic mass is 10.3. The first kappa shape index (κ1) is 21.8. The molecule has 0 aliphatic carbocycles. The molecule has 0 saturated carbocycles. The molecule has 0 saturated heterocycles. The molecule has 2 aromatic rings. The maximum absolute atomic E-state index is 5.68. The number of ether oxygens (including phenoxy) is 5. The lowest BCUT2D eigenvalue weighted by Crippen LogP contribution is -2.10. The summed E-state index contributed by atoms with van der Waals surface area (Å²) < 4.78 is 27.1. The van der Waals surface area contributed by atoms with Crippen LogP contribution in [0, 0.1) is 0 Å². The van der Waals surface area contributed by atoms with E-state index in [-0.39, 0.29) is 0 Å². The fraction of sp³-hybridized carbons (Fsp3) is 0.429. The summed E-state index contributed by atoms with van der Waals surface area (Å²) in [5.74, 6) is 2.35. The molecule has 0 aromatic heterocycles. The zero-order valence-corrected chi connectivity index (χ0v) is 16.0. The molecule has 2 aromatic carbocycles. The minimum atomic E-state index is 0.471.